The molecule has 1 amide bonds. The Balaban J connectivity index is 2.00. The SMILES string of the molecule is CC1CN(C(=O)C2CCCCC2CN)CC(C)S1. The molecule has 1 saturated carbocycles. The van der Waals surface area contributed by atoms with E-state index in [0.717, 1.165) is 25.9 Å². The van der Waals surface area contributed by atoms with E-state index in [9.17, 15) is 4.79 Å². The Hall–Kier alpha value is -0.220. The highest BCUT2D eigenvalue weighted by Crippen LogP contribution is 2.33. The van der Waals surface area contributed by atoms with E-state index in [0.29, 0.717) is 28.9 Å². The highest BCUT2D eigenvalue weighted by Gasteiger charge is 2.35. The highest BCUT2D eigenvalue weighted by molar-refractivity contribution is 8.00. The molecule has 3 nitrogen and oxygen atoms in total. The summed E-state index contributed by atoms with van der Waals surface area (Å²) >= 11 is 2.00. The van der Waals surface area contributed by atoms with Crippen molar-refractivity contribution in [1.82, 2.24) is 4.90 Å². The van der Waals surface area contributed by atoms with Crippen molar-refractivity contribution in [3.63, 3.8) is 0 Å². The maximum absolute atomic E-state index is 12.7. The van der Waals surface area contributed by atoms with E-state index in [4.69, 9.17) is 5.73 Å². The molecule has 18 heavy (non-hydrogen) atoms. The van der Waals surface area contributed by atoms with E-state index in [1.807, 2.05) is 11.8 Å². The van der Waals surface area contributed by atoms with Crippen LogP contribution in [0.25, 0.3) is 0 Å². The van der Waals surface area contributed by atoms with Crippen LogP contribution in [0, 0.1) is 11.8 Å². The summed E-state index contributed by atoms with van der Waals surface area (Å²) in [7, 11) is 0. The Morgan fingerprint density at radius 3 is 2.44 bits per heavy atom. The molecule has 0 aromatic heterocycles. The molecule has 2 N–H and O–H groups in total. The first-order chi connectivity index (χ1) is 8.61. The lowest BCUT2D eigenvalue weighted by atomic mass is 9.78. The number of amides is 1. The van der Waals surface area contributed by atoms with Gasteiger partial charge in [-0.25, -0.2) is 0 Å². The van der Waals surface area contributed by atoms with Gasteiger partial charge in [-0.1, -0.05) is 26.7 Å². The monoisotopic (exact) mass is 270 g/mol. The maximum Gasteiger partial charge on any atom is 0.226 e. The van der Waals surface area contributed by atoms with Crippen molar-refractivity contribution in [2.75, 3.05) is 19.6 Å². The van der Waals surface area contributed by atoms with E-state index >= 15 is 0 Å². The van der Waals surface area contributed by atoms with Crippen molar-refractivity contribution >= 4 is 17.7 Å². The van der Waals surface area contributed by atoms with Gasteiger partial charge in [-0.3, -0.25) is 4.79 Å². The Bertz CT molecular complexity index is 288. The molecule has 1 heterocycles. The summed E-state index contributed by atoms with van der Waals surface area (Å²) in [6, 6.07) is 0. The van der Waals surface area contributed by atoms with Gasteiger partial charge in [0.05, 0.1) is 0 Å². The molecule has 4 unspecified atom stereocenters. The fourth-order valence-corrected chi connectivity index (χ4v) is 4.73. The van der Waals surface area contributed by atoms with Crippen LogP contribution >= 0.6 is 11.8 Å². The van der Waals surface area contributed by atoms with Crippen LogP contribution in [0.3, 0.4) is 0 Å². The zero-order chi connectivity index (χ0) is 13.1. The molecular formula is C14H26N2OS. The van der Waals surface area contributed by atoms with Crippen molar-refractivity contribution in [2.24, 2.45) is 17.6 Å². The Labute approximate surface area is 115 Å². The summed E-state index contributed by atoms with van der Waals surface area (Å²) in [5.74, 6) is 1.00. The third-order valence-electron chi connectivity index (χ3n) is 4.26. The first kappa shape index (κ1) is 14.2. The van der Waals surface area contributed by atoms with Gasteiger partial charge in [0.15, 0.2) is 0 Å². The Kier molecular flexibility index (Phi) is 4.96. The number of carbonyl (C=O) groups is 1. The van der Waals surface area contributed by atoms with Gasteiger partial charge in [0.25, 0.3) is 0 Å². The molecule has 0 aromatic carbocycles. The molecule has 2 aliphatic rings. The van der Waals surface area contributed by atoms with Crippen molar-refractivity contribution in [2.45, 2.75) is 50.0 Å². The summed E-state index contributed by atoms with van der Waals surface area (Å²) in [6.07, 6.45) is 4.63. The second-order valence-electron chi connectivity index (χ2n) is 5.89. The van der Waals surface area contributed by atoms with E-state index in [2.05, 4.69) is 18.7 Å². The first-order valence-electron chi connectivity index (χ1n) is 7.26. The third kappa shape index (κ3) is 3.21. The van der Waals surface area contributed by atoms with Gasteiger partial charge in [0.1, 0.15) is 0 Å². The number of carbonyl (C=O) groups excluding carboxylic acids is 1. The van der Waals surface area contributed by atoms with Crippen LogP contribution in [0.5, 0.6) is 0 Å². The molecular weight excluding hydrogens is 244 g/mol. The average Bonchev–Trinajstić information content (AvgIpc) is 2.36. The largest absolute Gasteiger partial charge is 0.340 e. The zero-order valence-corrected chi connectivity index (χ0v) is 12.4. The summed E-state index contributed by atoms with van der Waals surface area (Å²) in [6.45, 7) is 6.96. The number of nitrogens with two attached hydrogens (primary N) is 1. The summed E-state index contributed by atoms with van der Waals surface area (Å²) in [4.78, 5) is 14.8. The highest BCUT2D eigenvalue weighted by atomic mass is 32.2. The van der Waals surface area contributed by atoms with Crippen LogP contribution in [-0.2, 0) is 4.79 Å². The van der Waals surface area contributed by atoms with E-state index in [1.165, 1.54) is 12.8 Å². The van der Waals surface area contributed by atoms with Gasteiger partial charge in [0.2, 0.25) is 5.91 Å². The van der Waals surface area contributed by atoms with Crippen molar-refractivity contribution in [3.05, 3.63) is 0 Å². The van der Waals surface area contributed by atoms with E-state index in [1.54, 1.807) is 0 Å². The van der Waals surface area contributed by atoms with Gasteiger partial charge in [0, 0.05) is 29.5 Å². The molecule has 0 aromatic rings. The lowest BCUT2D eigenvalue weighted by molar-refractivity contribution is -0.138. The Morgan fingerprint density at radius 2 is 1.83 bits per heavy atom. The van der Waals surface area contributed by atoms with E-state index in [-0.39, 0.29) is 5.92 Å². The van der Waals surface area contributed by atoms with Crippen LogP contribution in [0.4, 0.5) is 0 Å². The molecule has 1 saturated heterocycles. The maximum atomic E-state index is 12.7. The van der Waals surface area contributed by atoms with E-state index < -0.39 is 0 Å². The molecule has 2 rings (SSSR count). The molecule has 4 atom stereocenters. The molecule has 0 bridgehead atoms. The molecule has 1 aliphatic heterocycles. The lowest BCUT2D eigenvalue weighted by Gasteiger charge is -2.39. The van der Waals surface area contributed by atoms with Gasteiger partial charge >= 0.3 is 0 Å². The molecule has 4 heteroatoms. The predicted octanol–water partition coefficient (Wildman–Crippen LogP) is 2.10. The smallest absolute Gasteiger partial charge is 0.226 e. The molecule has 104 valence electrons. The second-order valence-corrected chi connectivity index (χ2v) is 7.77. The lowest BCUT2D eigenvalue weighted by Crippen LogP contribution is -2.49. The second kappa shape index (κ2) is 6.29. The van der Waals surface area contributed by atoms with Gasteiger partial charge < -0.3 is 10.6 Å². The predicted molar refractivity (Wildman–Crippen MR) is 77.6 cm³/mol. The number of thioether (sulfide) groups is 1. The fourth-order valence-electron chi connectivity index (χ4n) is 3.41. The number of hydrogen-bond donors (Lipinski definition) is 1. The molecule has 0 spiro atoms. The van der Waals surface area contributed by atoms with Gasteiger partial charge in [-0.2, -0.15) is 11.8 Å². The number of rotatable bonds is 2. The standard InChI is InChI=1S/C14H26N2OS/c1-10-8-16(9-11(2)18-10)14(17)13-6-4-3-5-12(13)7-15/h10-13H,3-9,15H2,1-2H3. The molecule has 2 fully saturated rings. The molecule has 1 aliphatic carbocycles. The normalized spacial score (nSPS) is 37.6. The Morgan fingerprint density at radius 1 is 1.22 bits per heavy atom. The minimum Gasteiger partial charge on any atom is -0.340 e. The van der Waals surface area contributed by atoms with Crippen LogP contribution in [0.2, 0.25) is 0 Å². The topological polar surface area (TPSA) is 46.3 Å². The van der Waals surface area contributed by atoms with Crippen molar-refractivity contribution < 1.29 is 4.79 Å². The first-order valence-corrected chi connectivity index (χ1v) is 8.20. The number of nitrogens with zero attached hydrogens (tertiary/aromatic N) is 1. The summed E-state index contributed by atoms with van der Waals surface area (Å²) < 4.78 is 0. The zero-order valence-electron chi connectivity index (χ0n) is 11.6. The van der Waals surface area contributed by atoms with Crippen LogP contribution in [-0.4, -0.2) is 40.9 Å². The summed E-state index contributed by atoms with van der Waals surface area (Å²) in [5, 5.41) is 1.13. The summed E-state index contributed by atoms with van der Waals surface area (Å²) in [5.41, 5.74) is 5.84. The minimum atomic E-state index is 0.200. The third-order valence-corrected chi connectivity index (χ3v) is 5.49. The number of hydrogen-bond acceptors (Lipinski definition) is 3. The van der Waals surface area contributed by atoms with Gasteiger partial charge in [-0.05, 0) is 25.3 Å². The van der Waals surface area contributed by atoms with Crippen molar-refractivity contribution in [3.8, 4) is 0 Å². The fraction of sp³-hybridized carbons (Fsp3) is 0.929. The van der Waals surface area contributed by atoms with Crippen LogP contribution < -0.4 is 5.73 Å². The van der Waals surface area contributed by atoms with Crippen molar-refractivity contribution in [1.29, 1.82) is 0 Å². The van der Waals surface area contributed by atoms with Crippen LogP contribution in [0.1, 0.15) is 39.5 Å². The average molecular weight is 270 g/mol. The van der Waals surface area contributed by atoms with Crippen LogP contribution in [0.15, 0.2) is 0 Å². The van der Waals surface area contributed by atoms with Gasteiger partial charge in [-0.15, -0.1) is 0 Å². The quantitative estimate of drug-likeness (QED) is 0.836. The minimum absolute atomic E-state index is 0.200. The molecule has 0 radical (unpaired) electrons.